The summed E-state index contributed by atoms with van der Waals surface area (Å²) in [6.45, 7) is 5.27. The highest BCUT2D eigenvalue weighted by molar-refractivity contribution is 7.84. The molecular weight excluding hydrogens is 249 g/mol. The highest BCUT2D eigenvalue weighted by Gasteiger charge is 2.23. The van der Waals surface area contributed by atoms with Gasteiger partial charge in [0.1, 0.15) is 5.82 Å². The Balaban J connectivity index is 2.19. The molecule has 1 aliphatic heterocycles. The van der Waals surface area contributed by atoms with Gasteiger partial charge in [-0.3, -0.25) is 4.21 Å². The van der Waals surface area contributed by atoms with Gasteiger partial charge < -0.3 is 4.90 Å². The fourth-order valence-corrected chi connectivity index (χ4v) is 3.27. The Hall–Kier alpha value is -0.740. The van der Waals surface area contributed by atoms with Crippen LogP contribution in [0.3, 0.4) is 0 Å². The summed E-state index contributed by atoms with van der Waals surface area (Å²) in [5, 5.41) is 0. The average molecular weight is 269 g/mol. The molecule has 0 saturated carbocycles. The van der Waals surface area contributed by atoms with Crippen molar-refractivity contribution < 1.29 is 8.60 Å². The Labute approximate surface area is 111 Å². The van der Waals surface area contributed by atoms with Crippen LogP contribution in [0.2, 0.25) is 0 Å². The van der Waals surface area contributed by atoms with Gasteiger partial charge in [0.05, 0.1) is 15.7 Å². The molecule has 1 heterocycles. The second-order valence-corrected chi connectivity index (χ2v) is 6.17. The van der Waals surface area contributed by atoms with Gasteiger partial charge in [-0.15, -0.1) is 0 Å². The number of likely N-dealkylation sites (tertiary alicyclic amines) is 1. The normalized spacial score (nSPS) is 19.9. The van der Waals surface area contributed by atoms with Gasteiger partial charge in [0.2, 0.25) is 0 Å². The molecule has 0 aliphatic carbocycles. The quantitative estimate of drug-likeness (QED) is 0.841. The second-order valence-electron chi connectivity index (χ2n) is 4.82. The topological polar surface area (TPSA) is 20.3 Å². The maximum Gasteiger partial charge on any atom is 0.142 e. The zero-order chi connectivity index (χ0) is 13.1. The lowest BCUT2D eigenvalue weighted by molar-refractivity contribution is 0.220. The summed E-state index contributed by atoms with van der Waals surface area (Å²) in [5.41, 5.74) is 0.749. The molecule has 1 fully saturated rings. The second kappa shape index (κ2) is 5.93. The third-order valence-electron chi connectivity index (χ3n) is 3.78. The van der Waals surface area contributed by atoms with E-state index in [1.807, 2.05) is 12.1 Å². The first-order valence-corrected chi connectivity index (χ1v) is 8.03. The van der Waals surface area contributed by atoms with Crippen LogP contribution in [0.4, 0.5) is 4.39 Å². The fraction of sp³-hybridized carbons (Fsp3) is 0.571. The summed E-state index contributed by atoms with van der Waals surface area (Å²) in [6.07, 6.45) is 3.51. The Morgan fingerprint density at radius 3 is 2.61 bits per heavy atom. The van der Waals surface area contributed by atoms with Crippen LogP contribution in [0.1, 0.15) is 31.2 Å². The van der Waals surface area contributed by atoms with Gasteiger partial charge in [0.25, 0.3) is 0 Å². The monoisotopic (exact) mass is 269 g/mol. The Bertz CT molecular complexity index is 441. The number of benzene rings is 1. The van der Waals surface area contributed by atoms with Gasteiger partial charge in [-0.1, -0.05) is 19.1 Å². The molecule has 0 spiro atoms. The third kappa shape index (κ3) is 2.81. The van der Waals surface area contributed by atoms with Gasteiger partial charge >= 0.3 is 0 Å². The van der Waals surface area contributed by atoms with E-state index in [1.54, 1.807) is 6.07 Å². The Morgan fingerprint density at radius 2 is 2.06 bits per heavy atom. The van der Waals surface area contributed by atoms with Gasteiger partial charge in [0, 0.05) is 6.26 Å². The minimum Gasteiger partial charge on any atom is -0.304 e. The molecule has 4 heteroatoms. The summed E-state index contributed by atoms with van der Waals surface area (Å²) in [4.78, 5) is 2.72. The minimum absolute atomic E-state index is 0.256. The third-order valence-corrected chi connectivity index (χ3v) is 4.71. The van der Waals surface area contributed by atoms with Crippen LogP contribution in [0.25, 0.3) is 0 Å². The molecule has 1 unspecified atom stereocenters. The molecule has 0 radical (unpaired) electrons. The molecule has 1 saturated heterocycles. The van der Waals surface area contributed by atoms with Crippen molar-refractivity contribution in [1.82, 2.24) is 4.90 Å². The Morgan fingerprint density at radius 1 is 1.39 bits per heavy atom. The van der Waals surface area contributed by atoms with Crippen LogP contribution in [0, 0.1) is 5.82 Å². The molecule has 1 aromatic carbocycles. The van der Waals surface area contributed by atoms with Crippen LogP contribution < -0.4 is 0 Å². The molecule has 100 valence electrons. The van der Waals surface area contributed by atoms with Gasteiger partial charge in [-0.2, -0.15) is 0 Å². The highest BCUT2D eigenvalue weighted by Crippen LogP contribution is 2.31. The van der Waals surface area contributed by atoms with Crippen LogP contribution in [-0.4, -0.2) is 35.0 Å². The number of halogens is 1. The van der Waals surface area contributed by atoms with Crippen LogP contribution in [-0.2, 0) is 10.8 Å². The predicted molar refractivity (Wildman–Crippen MR) is 72.8 cm³/mol. The first kappa shape index (κ1) is 13.7. The van der Waals surface area contributed by atoms with E-state index in [0.29, 0.717) is 4.90 Å². The van der Waals surface area contributed by atoms with E-state index in [4.69, 9.17) is 0 Å². The van der Waals surface area contributed by atoms with Crippen molar-refractivity contribution in [2.45, 2.75) is 30.6 Å². The van der Waals surface area contributed by atoms with Crippen molar-refractivity contribution in [2.24, 2.45) is 0 Å². The smallest absolute Gasteiger partial charge is 0.142 e. The standard InChI is InChI=1S/C14H20FNOS/c1-3-16-9-7-11(8-10-16)12-5-4-6-13(14(12)15)18(2)17/h4-6,11H,3,7-10H2,1-2H3. The van der Waals surface area contributed by atoms with Crippen molar-refractivity contribution in [3.8, 4) is 0 Å². The summed E-state index contributed by atoms with van der Waals surface area (Å²) in [6, 6.07) is 5.29. The predicted octanol–water partition coefficient (Wildman–Crippen LogP) is 2.76. The van der Waals surface area contributed by atoms with E-state index in [2.05, 4.69) is 11.8 Å². The number of piperidine rings is 1. The molecule has 0 amide bonds. The molecule has 2 nitrogen and oxygen atoms in total. The molecule has 0 N–H and O–H groups in total. The zero-order valence-corrected chi connectivity index (χ0v) is 11.8. The van der Waals surface area contributed by atoms with Gasteiger partial charge in [-0.25, -0.2) is 4.39 Å². The van der Waals surface area contributed by atoms with Crippen LogP contribution in [0.5, 0.6) is 0 Å². The van der Waals surface area contributed by atoms with Crippen molar-refractivity contribution in [3.63, 3.8) is 0 Å². The number of rotatable bonds is 3. The SMILES string of the molecule is CCN1CCC(c2cccc(S(C)=O)c2F)CC1. The number of hydrogen-bond acceptors (Lipinski definition) is 2. The summed E-state index contributed by atoms with van der Waals surface area (Å²) in [5.74, 6) is 0.0181. The lowest BCUT2D eigenvalue weighted by atomic mass is 9.89. The zero-order valence-electron chi connectivity index (χ0n) is 11.0. The number of nitrogens with zero attached hydrogens (tertiary/aromatic N) is 1. The average Bonchev–Trinajstić information content (AvgIpc) is 2.39. The van der Waals surface area contributed by atoms with Crippen molar-refractivity contribution in [2.75, 3.05) is 25.9 Å². The largest absolute Gasteiger partial charge is 0.304 e. The van der Waals surface area contributed by atoms with E-state index in [0.717, 1.165) is 38.0 Å². The molecule has 1 aliphatic rings. The first-order chi connectivity index (χ1) is 8.63. The Kier molecular flexibility index (Phi) is 4.51. The van der Waals surface area contributed by atoms with E-state index in [-0.39, 0.29) is 11.7 Å². The molecule has 2 rings (SSSR count). The summed E-state index contributed by atoms with van der Waals surface area (Å²) in [7, 11) is -1.25. The van der Waals surface area contributed by atoms with Gasteiger partial charge in [-0.05, 0) is 50.0 Å². The minimum atomic E-state index is -1.25. The van der Waals surface area contributed by atoms with E-state index in [1.165, 1.54) is 6.26 Å². The fourth-order valence-electron chi connectivity index (χ4n) is 2.63. The maximum absolute atomic E-state index is 14.3. The van der Waals surface area contributed by atoms with Gasteiger partial charge in [0.15, 0.2) is 0 Å². The highest BCUT2D eigenvalue weighted by atomic mass is 32.2. The summed E-state index contributed by atoms with van der Waals surface area (Å²) < 4.78 is 25.7. The lowest BCUT2D eigenvalue weighted by Crippen LogP contribution is -2.32. The van der Waals surface area contributed by atoms with Crippen LogP contribution >= 0.6 is 0 Å². The maximum atomic E-state index is 14.3. The first-order valence-electron chi connectivity index (χ1n) is 6.47. The molecule has 1 aromatic rings. The van der Waals surface area contributed by atoms with E-state index < -0.39 is 10.8 Å². The lowest BCUT2D eigenvalue weighted by Gasteiger charge is -2.31. The molecule has 0 aromatic heterocycles. The van der Waals surface area contributed by atoms with Crippen molar-refractivity contribution >= 4 is 10.8 Å². The molecule has 0 bridgehead atoms. The van der Waals surface area contributed by atoms with Crippen molar-refractivity contribution in [3.05, 3.63) is 29.6 Å². The molecule has 18 heavy (non-hydrogen) atoms. The van der Waals surface area contributed by atoms with Crippen molar-refractivity contribution in [1.29, 1.82) is 0 Å². The summed E-state index contributed by atoms with van der Waals surface area (Å²) >= 11 is 0. The van der Waals surface area contributed by atoms with E-state index in [9.17, 15) is 8.60 Å². The number of hydrogen-bond donors (Lipinski definition) is 0. The molecular formula is C14H20FNOS. The van der Waals surface area contributed by atoms with Crippen LogP contribution in [0.15, 0.2) is 23.1 Å². The van der Waals surface area contributed by atoms with E-state index >= 15 is 0 Å². The molecule has 1 atom stereocenters.